The van der Waals surface area contributed by atoms with Crippen LogP contribution in [-0.2, 0) is 9.59 Å². The number of hydrogen-bond donors (Lipinski definition) is 0. The van der Waals surface area contributed by atoms with E-state index in [1.807, 2.05) is 18.7 Å². The third-order valence-corrected chi connectivity index (χ3v) is 9.84. The standard InChI is InChI=1S/C25H39NO2/c1-6-26(7-2)23(28)22-20-11-9-17-18-10-8-16(3)24(18,4)14-12-19(17)25(20,5)15-13-21(22)27/h11,16-19,22H,6-10,12-15H2,1-5H3/t16-,17-,18-,19-,22?,24+,25+/m0/s1. The highest BCUT2D eigenvalue weighted by Gasteiger charge is 2.59. The zero-order chi connectivity index (χ0) is 20.3. The molecule has 28 heavy (non-hydrogen) atoms. The fraction of sp³-hybridized carbons (Fsp3) is 0.840. The molecule has 3 saturated carbocycles. The smallest absolute Gasteiger partial charge is 0.237 e. The van der Waals surface area contributed by atoms with Crippen molar-refractivity contribution in [2.45, 2.75) is 79.6 Å². The first kappa shape index (κ1) is 20.2. The van der Waals surface area contributed by atoms with Gasteiger partial charge >= 0.3 is 0 Å². The van der Waals surface area contributed by atoms with Gasteiger partial charge in [0.2, 0.25) is 5.91 Å². The van der Waals surface area contributed by atoms with E-state index in [1.54, 1.807) is 0 Å². The number of fused-ring (bicyclic) bond motifs is 5. The van der Waals surface area contributed by atoms with Crippen LogP contribution in [0.3, 0.4) is 0 Å². The van der Waals surface area contributed by atoms with E-state index in [-0.39, 0.29) is 17.1 Å². The largest absolute Gasteiger partial charge is 0.342 e. The summed E-state index contributed by atoms with van der Waals surface area (Å²) in [4.78, 5) is 28.0. The third-order valence-electron chi connectivity index (χ3n) is 9.84. The number of ketones is 1. The molecule has 0 aromatic rings. The second-order valence-corrected chi connectivity index (χ2v) is 10.6. The molecule has 0 saturated heterocycles. The van der Waals surface area contributed by atoms with E-state index in [4.69, 9.17) is 0 Å². The van der Waals surface area contributed by atoms with Crippen molar-refractivity contribution in [2.24, 2.45) is 40.4 Å². The molecule has 0 spiro atoms. The van der Waals surface area contributed by atoms with Crippen molar-refractivity contribution in [3.05, 3.63) is 11.6 Å². The molecule has 156 valence electrons. The Kier molecular flexibility index (Phi) is 5.03. The molecule has 0 aromatic carbocycles. The second kappa shape index (κ2) is 6.99. The number of nitrogens with zero attached hydrogens (tertiary/aromatic N) is 1. The summed E-state index contributed by atoms with van der Waals surface area (Å²) in [5.74, 6) is 2.77. The number of carbonyl (C=O) groups excluding carboxylic acids is 2. The van der Waals surface area contributed by atoms with E-state index in [1.165, 1.54) is 31.3 Å². The summed E-state index contributed by atoms with van der Waals surface area (Å²) in [7, 11) is 0. The van der Waals surface area contributed by atoms with Gasteiger partial charge in [-0.3, -0.25) is 9.59 Å². The molecule has 0 radical (unpaired) electrons. The summed E-state index contributed by atoms with van der Waals surface area (Å²) in [6, 6.07) is 0. The van der Waals surface area contributed by atoms with Gasteiger partial charge in [-0.25, -0.2) is 0 Å². The van der Waals surface area contributed by atoms with Crippen LogP contribution in [0, 0.1) is 40.4 Å². The predicted molar refractivity (Wildman–Crippen MR) is 113 cm³/mol. The number of amides is 1. The van der Waals surface area contributed by atoms with E-state index in [9.17, 15) is 9.59 Å². The number of rotatable bonds is 3. The lowest BCUT2D eigenvalue weighted by molar-refractivity contribution is -0.143. The van der Waals surface area contributed by atoms with E-state index >= 15 is 0 Å². The summed E-state index contributed by atoms with van der Waals surface area (Å²) in [5.41, 5.74) is 1.73. The molecule has 0 N–H and O–H groups in total. The molecule has 4 rings (SSSR count). The molecule has 0 bridgehead atoms. The van der Waals surface area contributed by atoms with Gasteiger partial charge in [0.25, 0.3) is 0 Å². The predicted octanol–water partition coefficient (Wildman–Crippen LogP) is 5.25. The maximum Gasteiger partial charge on any atom is 0.237 e. The molecule has 1 amide bonds. The highest BCUT2D eigenvalue weighted by Crippen LogP contribution is 2.66. The fourth-order valence-corrected chi connectivity index (χ4v) is 7.85. The van der Waals surface area contributed by atoms with Gasteiger partial charge in [-0.1, -0.05) is 26.8 Å². The first-order valence-corrected chi connectivity index (χ1v) is 11.8. The van der Waals surface area contributed by atoms with Gasteiger partial charge < -0.3 is 4.90 Å². The average Bonchev–Trinajstić information content (AvgIpc) is 2.98. The zero-order valence-electron chi connectivity index (χ0n) is 18.6. The van der Waals surface area contributed by atoms with Gasteiger partial charge in [-0.05, 0) is 92.4 Å². The van der Waals surface area contributed by atoms with Crippen molar-refractivity contribution in [3.63, 3.8) is 0 Å². The van der Waals surface area contributed by atoms with E-state index in [2.05, 4.69) is 26.8 Å². The molecular formula is C25H39NO2. The highest BCUT2D eigenvalue weighted by atomic mass is 16.2. The number of Topliss-reactive ketones (excluding diaryl/α,β-unsaturated/α-hetero) is 1. The Labute approximate surface area is 171 Å². The molecule has 3 fully saturated rings. The quantitative estimate of drug-likeness (QED) is 0.491. The Balaban J connectivity index is 1.69. The first-order valence-electron chi connectivity index (χ1n) is 11.8. The zero-order valence-corrected chi connectivity index (χ0v) is 18.6. The van der Waals surface area contributed by atoms with Crippen molar-refractivity contribution >= 4 is 11.7 Å². The average molecular weight is 386 g/mol. The molecular weight excluding hydrogens is 346 g/mol. The van der Waals surface area contributed by atoms with Crippen molar-refractivity contribution in [3.8, 4) is 0 Å². The maximum atomic E-state index is 13.3. The molecule has 0 aromatic heterocycles. The Morgan fingerprint density at radius 3 is 2.50 bits per heavy atom. The number of hydrogen-bond acceptors (Lipinski definition) is 2. The lowest BCUT2D eigenvalue weighted by Gasteiger charge is -2.58. The van der Waals surface area contributed by atoms with E-state index < -0.39 is 5.92 Å². The van der Waals surface area contributed by atoms with Crippen LogP contribution < -0.4 is 0 Å². The highest BCUT2D eigenvalue weighted by molar-refractivity contribution is 6.05. The Morgan fingerprint density at radius 1 is 1.11 bits per heavy atom. The first-order chi connectivity index (χ1) is 13.3. The van der Waals surface area contributed by atoms with Crippen LogP contribution in [0.1, 0.15) is 79.6 Å². The van der Waals surface area contributed by atoms with Crippen LogP contribution in [0.25, 0.3) is 0 Å². The van der Waals surface area contributed by atoms with Gasteiger partial charge in [-0.15, -0.1) is 0 Å². The lowest BCUT2D eigenvalue weighted by atomic mass is 9.46. The molecule has 4 aliphatic rings. The van der Waals surface area contributed by atoms with E-state index in [0.717, 1.165) is 30.6 Å². The minimum atomic E-state index is -0.504. The Bertz CT molecular complexity index is 693. The van der Waals surface area contributed by atoms with Crippen molar-refractivity contribution < 1.29 is 9.59 Å². The summed E-state index contributed by atoms with van der Waals surface area (Å²) >= 11 is 0. The van der Waals surface area contributed by atoms with Crippen LogP contribution in [-0.4, -0.2) is 29.7 Å². The third kappa shape index (κ3) is 2.67. The van der Waals surface area contributed by atoms with Crippen LogP contribution in [0.5, 0.6) is 0 Å². The molecule has 3 nitrogen and oxygen atoms in total. The SMILES string of the molecule is CCN(CC)C(=O)C1C(=O)CC[C@@]2(C)C1=CC[C@H]1[C@@H]3CC[C@H](C)[C@@]3(C)CC[C@@H]12. The Hall–Kier alpha value is -1.12. The fourth-order valence-electron chi connectivity index (χ4n) is 7.85. The molecule has 0 aliphatic heterocycles. The Morgan fingerprint density at radius 2 is 1.82 bits per heavy atom. The normalized spacial score (nSPS) is 45.0. The van der Waals surface area contributed by atoms with Crippen molar-refractivity contribution in [1.29, 1.82) is 0 Å². The van der Waals surface area contributed by atoms with Gasteiger partial charge in [-0.2, -0.15) is 0 Å². The molecule has 0 heterocycles. The molecule has 1 unspecified atom stereocenters. The topological polar surface area (TPSA) is 37.4 Å². The van der Waals surface area contributed by atoms with Crippen LogP contribution >= 0.6 is 0 Å². The summed E-state index contributed by atoms with van der Waals surface area (Å²) in [5, 5.41) is 0. The van der Waals surface area contributed by atoms with Gasteiger partial charge in [0.15, 0.2) is 0 Å². The van der Waals surface area contributed by atoms with Crippen molar-refractivity contribution in [1.82, 2.24) is 4.90 Å². The van der Waals surface area contributed by atoms with Crippen LogP contribution in [0.2, 0.25) is 0 Å². The minimum Gasteiger partial charge on any atom is -0.342 e. The maximum absolute atomic E-state index is 13.3. The second-order valence-electron chi connectivity index (χ2n) is 10.6. The summed E-state index contributed by atoms with van der Waals surface area (Å²) < 4.78 is 0. The van der Waals surface area contributed by atoms with Gasteiger partial charge in [0, 0.05) is 19.5 Å². The monoisotopic (exact) mass is 385 g/mol. The van der Waals surface area contributed by atoms with Crippen LogP contribution in [0.15, 0.2) is 11.6 Å². The molecule has 4 aliphatic carbocycles. The number of carbonyl (C=O) groups is 2. The number of allylic oxidation sites excluding steroid dienone is 1. The lowest BCUT2D eigenvalue weighted by Crippen LogP contribution is -2.54. The van der Waals surface area contributed by atoms with Gasteiger partial charge in [0.05, 0.1) is 0 Å². The van der Waals surface area contributed by atoms with Crippen LogP contribution in [0.4, 0.5) is 0 Å². The molecule has 3 heteroatoms. The van der Waals surface area contributed by atoms with Gasteiger partial charge in [0.1, 0.15) is 11.7 Å². The van der Waals surface area contributed by atoms with E-state index in [0.29, 0.717) is 30.8 Å². The minimum absolute atomic E-state index is 0.0392. The summed E-state index contributed by atoms with van der Waals surface area (Å²) in [6.07, 6.45) is 10.3. The summed E-state index contributed by atoms with van der Waals surface area (Å²) in [6.45, 7) is 12.8. The van der Waals surface area contributed by atoms with Crippen molar-refractivity contribution in [2.75, 3.05) is 13.1 Å². The molecule has 7 atom stereocenters.